The molecule has 1 unspecified atom stereocenters. The molecule has 2 aromatic rings. The first-order valence-corrected chi connectivity index (χ1v) is 6.69. The van der Waals surface area contributed by atoms with Crippen molar-refractivity contribution in [3.8, 4) is 0 Å². The van der Waals surface area contributed by atoms with Crippen molar-refractivity contribution in [1.29, 1.82) is 0 Å². The summed E-state index contributed by atoms with van der Waals surface area (Å²) in [7, 11) is 2.00. The molecule has 0 fully saturated rings. The number of hydrogen-bond donors (Lipinski definition) is 1. The number of halogens is 1. The lowest BCUT2D eigenvalue weighted by Gasteiger charge is -2.21. The minimum Gasteiger partial charge on any atom is -0.387 e. The smallest absolute Gasteiger partial charge is 0.0916 e. The minimum absolute atomic E-state index is 0.460. The van der Waals surface area contributed by atoms with E-state index < -0.39 is 6.10 Å². The standard InChI is InChI=1S/C16H18ClNO/c1-18(11-13-7-9-15(17)10-8-13)12-16(19)14-5-3-2-4-6-14/h2-10,16,19H,11-12H2,1H3. The lowest BCUT2D eigenvalue weighted by Crippen LogP contribution is -2.24. The molecule has 2 aromatic carbocycles. The van der Waals surface area contributed by atoms with E-state index in [1.54, 1.807) is 0 Å². The van der Waals surface area contributed by atoms with E-state index in [-0.39, 0.29) is 0 Å². The van der Waals surface area contributed by atoms with Crippen LogP contribution in [0.2, 0.25) is 5.02 Å². The molecule has 0 heterocycles. The van der Waals surface area contributed by atoms with Gasteiger partial charge in [-0.05, 0) is 30.3 Å². The Morgan fingerprint density at radius 3 is 2.32 bits per heavy atom. The second-order valence-corrected chi connectivity index (χ2v) is 5.19. The van der Waals surface area contributed by atoms with Gasteiger partial charge in [-0.3, -0.25) is 4.90 Å². The molecule has 1 atom stereocenters. The van der Waals surface area contributed by atoms with Crippen LogP contribution in [0.25, 0.3) is 0 Å². The molecule has 0 aliphatic heterocycles. The first-order valence-electron chi connectivity index (χ1n) is 6.31. The van der Waals surface area contributed by atoms with Crippen LogP contribution >= 0.6 is 11.6 Å². The Labute approximate surface area is 119 Å². The number of rotatable bonds is 5. The highest BCUT2D eigenvalue weighted by atomic mass is 35.5. The zero-order valence-electron chi connectivity index (χ0n) is 11.0. The van der Waals surface area contributed by atoms with Crippen molar-refractivity contribution >= 4 is 11.6 Å². The normalized spacial score (nSPS) is 12.6. The molecular weight excluding hydrogens is 258 g/mol. The Balaban J connectivity index is 1.90. The maximum absolute atomic E-state index is 10.2. The third kappa shape index (κ3) is 4.35. The number of hydrogen-bond acceptors (Lipinski definition) is 2. The van der Waals surface area contributed by atoms with Crippen LogP contribution in [0.4, 0.5) is 0 Å². The van der Waals surface area contributed by atoms with Crippen molar-refractivity contribution in [2.75, 3.05) is 13.6 Å². The maximum Gasteiger partial charge on any atom is 0.0916 e. The van der Waals surface area contributed by atoms with Gasteiger partial charge in [-0.15, -0.1) is 0 Å². The molecule has 3 heteroatoms. The quantitative estimate of drug-likeness (QED) is 0.903. The molecule has 0 spiro atoms. The zero-order valence-corrected chi connectivity index (χ0v) is 11.7. The largest absolute Gasteiger partial charge is 0.387 e. The van der Waals surface area contributed by atoms with Gasteiger partial charge in [-0.2, -0.15) is 0 Å². The molecule has 0 saturated carbocycles. The van der Waals surface area contributed by atoms with E-state index in [9.17, 15) is 5.11 Å². The van der Waals surface area contributed by atoms with Crippen LogP contribution in [0.1, 0.15) is 17.2 Å². The van der Waals surface area contributed by atoms with Crippen LogP contribution in [-0.4, -0.2) is 23.6 Å². The van der Waals surface area contributed by atoms with Crippen LogP contribution in [0.15, 0.2) is 54.6 Å². The van der Waals surface area contributed by atoms with E-state index in [2.05, 4.69) is 4.90 Å². The van der Waals surface area contributed by atoms with Gasteiger partial charge in [0, 0.05) is 18.1 Å². The average molecular weight is 276 g/mol. The number of nitrogens with zero attached hydrogens (tertiary/aromatic N) is 1. The predicted molar refractivity (Wildman–Crippen MR) is 79.2 cm³/mol. The van der Waals surface area contributed by atoms with Crippen LogP contribution in [0, 0.1) is 0 Å². The van der Waals surface area contributed by atoms with Crippen molar-refractivity contribution in [1.82, 2.24) is 4.90 Å². The van der Waals surface area contributed by atoms with Crippen LogP contribution in [0.5, 0.6) is 0 Å². The third-order valence-corrected chi connectivity index (χ3v) is 3.29. The van der Waals surface area contributed by atoms with E-state index in [1.165, 1.54) is 5.56 Å². The minimum atomic E-state index is -0.460. The molecule has 0 radical (unpaired) electrons. The number of aliphatic hydroxyl groups excluding tert-OH is 1. The Hall–Kier alpha value is -1.35. The number of aliphatic hydroxyl groups is 1. The van der Waals surface area contributed by atoms with Crippen LogP contribution in [-0.2, 0) is 6.54 Å². The molecule has 0 bridgehead atoms. The van der Waals surface area contributed by atoms with E-state index in [4.69, 9.17) is 11.6 Å². The van der Waals surface area contributed by atoms with Gasteiger partial charge in [0.05, 0.1) is 6.10 Å². The van der Waals surface area contributed by atoms with Crippen LogP contribution in [0.3, 0.4) is 0 Å². The fourth-order valence-electron chi connectivity index (χ4n) is 2.04. The topological polar surface area (TPSA) is 23.5 Å². The van der Waals surface area contributed by atoms with Gasteiger partial charge in [-0.25, -0.2) is 0 Å². The van der Waals surface area contributed by atoms with Crippen molar-refractivity contribution in [2.24, 2.45) is 0 Å². The van der Waals surface area contributed by atoms with Gasteiger partial charge in [0.1, 0.15) is 0 Å². The molecule has 0 aromatic heterocycles. The van der Waals surface area contributed by atoms with Gasteiger partial charge < -0.3 is 5.11 Å². The van der Waals surface area contributed by atoms with Crippen molar-refractivity contribution in [2.45, 2.75) is 12.6 Å². The highest BCUT2D eigenvalue weighted by Crippen LogP contribution is 2.15. The first kappa shape index (κ1) is 14.1. The maximum atomic E-state index is 10.2. The van der Waals surface area contributed by atoms with Crippen LogP contribution < -0.4 is 0 Å². The summed E-state index contributed by atoms with van der Waals surface area (Å²) in [5.74, 6) is 0. The lowest BCUT2D eigenvalue weighted by atomic mass is 10.1. The highest BCUT2D eigenvalue weighted by molar-refractivity contribution is 6.30. The Morgan fingerprint density at radius 2 is 1.68 bits per heavy atom. The predicted octanol–water partition coefficient (Wildman–Crippen LogP) is 3.51. The van der Waals surface area contributed by atoms with Crippen molar-refractivity contribution in [3.63, 3.8) is 0 Å². The summed E-state index contributed by atoms with van der Waals surface area (Å²) in [6, 6.07) is 17.5. The average Bonchev–Trinajstić information content (AvgIpc) is 2.42. The van der Waals surface area contributed by atoms with Gasteiger partial charge in [0.2, 0.25) is 0 Å². The molecule has 0 aliphatic carbocycles. The lowest BCUT2D eigenvalue weighted by molar-refractivity contribution is 0.124. The summed E-state index contributed by atoms with van der Waals surface area (Å²) in [5.41, 5.74) is 2.14. The second-order valence-electron chi connectivity index (χ2n) is 4.75. The molecule has 100 valence electrons. The zero-order chi connectivity index (χ0) is 13.7. The van der Waals surface area contributed by atoms with Gasteiger partial charge in [0.15, 0.2) is 0 Å². The molecule has 1 N–H and O–H groups in total. The summed E-state index contributed by atoms with van der Waals surface area (Å²) >= 11 is 5.86. The van der Waals surface area contributed by atoms with Crippen molar-refractivity contribution in [3.05, 3.63) is 70.7 Å². The SMILES string of the molecule is CN(Cc1ccc(Cl)cc1)CC(O)c1ccccc1. The fraction of sp³-hybridized carbons (Fsp3) is 0.250. The monoisotopic (exact) mass is 275 g/mol. The van der Waals surface area contributed by atoms with Crippen molar-refractivity contribution < 1.29 is 5.11 Å². The second kappa shape index (κ2) is 6.71. The summed E-state index contributed by atoms with van der Waals surface area (Å²) < 4.78 is 0. The third-order valence-electron chi connectivity index (χ3n) is 3.03. The Bertz CT molecular complexity index is 498. The number of likely N-dealkylation sites (N-methyl/N-ethyl adjacent to an activating group) is 1. The summed E-state index contributed by atoms with van der Waals surface area (Å²) in [6.45, 7) is 1.40. The van der Waals surface area contributed by atoms with E-state index in [0.29, 0.717) is 6.54 Å². The first-order chi connectivity index (χ1) is 9.15. The van der Waals surface area contributed by atoms with Gasteiger partial charge in [-0.1, -0.05) is 54.1 Å². The summed E-state index contributed by atoms with van der Waals surface area (Å²) in [4.78, 5) is 2.10. The molecule has 2 nitrogen and oxygen atoms in total. The molecule has 0 saturated heterocycles. The summed E-state index contributed by atoms with van der Waals surface area (Å²) in [5, 5.41) is 10.9. The fourth-order valence-corrected chi connectivity index (χ4v) is 2.17. The van der Waals surface area contributed by atoms with E-state index in [1.807, 2.05) is 61.6 Å². The molecule has 0 aliphatic rings. The molecule has 2 rings (SSSR count). The van der Waals surface area contributed by atoms with Gasteiger partial charge in [0.25, 0.3) is 0 Å². The molecule has 19 heavy (non-hydrogen) atoms. The van der Waals surface area contributed by atoms with E-state index in [0.717, 1.165) is 17.1 Å². The number of benzene rings is 2. The Kier molecular flexibility index (Phi) is 4.97. The molecular formula is C16H18ClNO. The molecule has 0 amide bonds. The summed E-state index contributed by atoms with van der Waals surface area (Å²) in [6.07, 6.45) is -0.460. The highest BCUT2D eigenvalue weighted by Gasteiger charge is 2.10. The van der Waals surface area contributed by atoms with Gasteiger partial charge >= 0.3 is 0 Å². The Morgan fingerprint density at radius 1 is 1.05 bits per heavy atom. The van der Waals surface area contributed by atoms with E-state index >= 15 is 0 Å².